The molecule has 2 amide bonds. The average molecular weight is 446 g/mol. The molecule has 1 fully saturated rings. The molecule has 31 heavy (non-hydrogen) atoms. The van der Waals surface area contributed by atoms with Crippen LogP contribution in [0.2, 0.25) is 5.02 Å². The molecule has 0 spiro atoms. The summed E-state index contributed by atoms with van der Waals surface area (Å²) in [4.78, 5) is 38.7. The molecule has 0 radical (unpaired) electrons. The molecule has 1 aliphatic carbocycles. The molecular weight excluding hydrogens is 418 g/mol. The number of amides is 2. The van der Waals surface area contributed by atoms with Crippen molar-refractivity contribution in [3.63, 3.8) is 0 Å². The van der Waals surface area contributed by atoms with Crippen LogP contribution in [0.1, 0.15) is 64.7 Å². The van der Waals surface area contributed by atoms with Gasteiger partial charge in [0.1, 0.15) is 0 Å². The number of ketones is 1. The first-order valence-electron chi connectivity index (χ1n) is 10.3. The molecule has 1 saturated carbocycles. The molecule has 1 aromatic heterocycles. The molecule has 0 saturated heterocycles. The summed E-state index contributed by atoms with van der Waals surface area (Å²) < 4.78 is 1.58. The monoisotopic (exact) mass is 445 g/mol. The summed E-state index contributed by atoms with van der Waals surface area (Å²) in [6, 6.07) is 6.79. The molecule has 3 rings (SSSR count). The van der Waals surface area contributed by atoms with Crippen molar-refractivity contribution in [1.29, 1.82) is 0 Å². The van der Waals surface area contributed by atoms with Gasteiger partial charge in [0.05, 0.1) is 17.4 Å². The number of rotatable bonds is 5. The van der Waals surface area contributed by atoms with Crippen molar-refractivity contribution in [2.75, 3.05) is 5.32 Å². The third-order valence-electron chi connectivity index (χ3n) is 6.14. The Hall–Kier alpha value is -2.64. The highest BCUT2D eigenvalue weighted by molar-refractivity contribution is 6.43. The topological polar surface area (TPSA) is 100 Å². The van der Waals surface area contributed by atoms with Crippen molar-refractivity contribution in [1.82, 2.24) is 9.88 Å². The molecule has 1 aliphatic rings. The van der Waals surface area contributed by atoms with E-state index in [1.807, 2.05) is 6.92 Å². The van der Waals surface area contributed by atoms with Crippen LogP contribution in [0.5, 0.6) is 0 Å². The zero-order chi connectivity index (χ0) is 22.9. The number of halogens is 1. The van der Waals surface area contributed by atoms with Crippen LogP contribution in [0.15, 0.2) is 24.3 Å². The number of carbonyl (C=O) groups excluding carboxylic acids is 3. The van der Waals surface area contributed by atoms with Gasteiger partial charge in [0.15, 0.2) is 0 Å². The van der Waals surface area contributed by atoms with E-state index in [0.717, 1.165) is 0 Å². The van der Waals surface area contributed by atoms with E-state index in [2.05, 4.69) is 10.6 Å². The van der Waals surface area contributed by atoms with Gasteiger partial charge < -0.3 is 20.3 Å². The second-order valence-electron chi connectivity index (χ2n) is 8.53. The second kappa shape index (κ2) is 8.85. The van der Waals surface area contributed by atoms with Gasteiger partial charge in [-0.2, -0.15) is 0 Å². The molecule has 166 valence electrons. The molecule has 3 N–H and O–H groups in total. The predicted molar refractivity (Wildman–Crippen MR) is 120 cm³/mol. The van der Waals surface area contributed by atoms with Gasteiger partial charge in [0, 0.05) is 29.0 Å². The van der Waals surface area contributed by atoms with Gasteiger partial charge >= 0.3 is 0 Å². The Kier molecular flexibility index (Phi) is 6.57. The Labute approximate surface area is 186 Å². The van der Waals surface area contributed by atoms with Crippen LogP contribution in [-0.4, -0.2) is 38.9 Å². The zero-order valence-electron chi connectivity index (χ0n) is 18.2. The fourth-order valence-electron chi connectivity index (χ4n) is 4.20. The lowest BCUT2D eigenvalue weighted by Crippen LogP contribution is -2.51. The number of anilines is 1. The zero-order valence-corrected chi connectivity index (χ0v) is 19.0. The summed E-state index contributed by atoms with van der Waals surface area (Å²) in [6.07, 6.45) is 2.01. The number of aliphatic hydroxyl groups is 1. The van der Waals surface area contributed by atoms with Gasteiger partial charge in [-0.3, -0.25) is 14.4 Å². The van der Waals surface area contributed by atoms with E-state index in [9.17, 15) is 19.5 Å². The lowest BCUT2D eigenvalue weighted by atomic mass is 9.82. The number of nitrogens with one attached hydrogen (secondary N) is 2. The first kappa shape index (κ1) is 23.0. The normalized spacial score (nSPS) is 20.9. The Balaban J connectivity index is 1.83. The highest BCUT2D eigenvalue weighted by Gasteiger charge is 2.35. The highest BCUT2D eigenvalue weighted by atomic mass is 35.5. The van der Waals surface area contributed by atoms with E-state index in [0.29, 0.717) is 53.2 Å². The maximum atomic E-state index is 13.0. The molecule has 1 aromatic carbocycles. The van der Waals surface area contributed by atoms with Crippen LogP contribution in [0.3, 0.4) is 0 Å². The molecule has 8 heteroatoms. The maximum absolute atomic E-state index is 13.0. The minimum absolute atomic E-state index is 0.186. The fourth-order valence-corrected chi connectivity index (χ4v) is 4.39. The first-order valence-corrected chi connectivity index (χ1v) is 10.7. The van der Waals surface area contributed by atoms with Gasteiger partial charge in [-0.25, -0.2) is 0 Å². The lowest BCUT2D eigenvalue weighted by Gasteiger charge is -2.36. The third kappa shape index (κ3) is 4.83. The number of aromatic nitrogens is 1. The molecule has 1 heterocycles. The number of Topliss-reactive ketones (excluding diaryl/α,β-unsaturated/α-hetero) is 1. The van der Waals surface area contributed by atoms with Crippen molar-refractivity contribution in [3.8, 4) is 0 Å². The molecule has 0 unspecified atom stereocenters. The number of hydrogen-bond acceptors (Lipinski definition) is 4. The maximum Gasteiger partial charge on any atom is 0.294 e. The number of benzene rings is 1. The van der Waals surface area contributed by atoms with Crippen molar-refractivity contribution in [3.05, 3.63) is 51.8 Å². The van der Waals surface area contributed by atoms with E-state index >= 15 is 0 Å². The second-order valence-corrected chi connectivity index (χ2v) is 8.97. The number of carbonyl (C=O) groups is 3. The van der Waals surface area contributed by atoms with E-state index in [1.165, 1.54) is 0 Å². The van der Waals surface area contributed by atoms with Gasteiger partial charge in [0.2, 0.25) is 0 Å². The van der Waals surface area contributed by atoms with Crippen LogP contribution < -0.4 is 10.6 Å². The summed E-state index contributed by atoms with van der Waals surface area (Å²) in [5.74, 6) is -1.76. The molecule has 0 bridgehead atoms. The highest BCUT2D eigenvalue weighted by Crippen LogP contribution is 2.29. The standard InChI is InChI=1S/C23H28ClN3O4/c1-13-18(21(30)25-16-7-5-6-15(24)12-16)14(2)27(4)19(13)20(29)22(31)26-23(3)10-8-17(28)9-11-23/h5-7,12,17,28H,8-11H2,1-4H3,(H,25,30)(H,26,31)/t17-,23-. The summed E-state index contributed by atoms with van der Waals surface area (Å²) in [5.41, 5.74) is 1.57. The van der Waals surface area contributed by atoms with Gasteiger partial charge in [-0.1, -0.05) is 17.7 Å². The molecule has 0 aliphatic heterocycles. The van der Waals surface area contributed by atoms with Crippen LogP contribution in [0.4, 0.5) is 5.69 Å². The Morgan fingerprint density at radius 2 is 1.84 bits per heavy atom. The smallest absolute Gasteiger partial charge is 0.294 e. The fraction of sp³-hybridized carbons (Fsp3) is 0.435. The van der Waals surface area contributed by atoms with Gasteiger partial charge in [0.25, 0.3) is 17.6 Å². The van der Waals surface area contributed by atoms with Crippen LogP contribution in [0.25, 0.3) is 0 Å². The Bertz CT molecular complexity index is 1040. The molecule has 0 atom stereocenters. The number of aliphatic hydroxyl groups excluding tert-OH is 1. The SMILES string of the molecule is Cc1c(C(=O)Nc2cccc(Cl)c2)c(C)n(C)c1C(=O)C(=O)N[C@]1(C)CC[C@@H](O)CC1. The van der Waals surface area contributed by atoms with Crippen molar-refractivity contribution in [2.24, 2.45) is 7.05 Å². The Morgan fingerprint density at radius 1 is 1.19 bits per heavy atom. The molecule has 2 aromatic rings. The van der Waals surface area contributed by atoms with E-state index in [-0.39, 0.29) is 17.7 Å². The largest absolute Gasteiger partial charge is 0.393 e. The van der Waals surface area contributed by atoms with E-state index < -0.39 is 17.2 Å². The van der Waals surface area contributed by atoms with Crippen molar-refractivity contribution < 1.29 is 19.5 Å². The summed E-state index contributed by atoms with van der Waals surface area (Å²) in [6.45, 7) is 5.29. The van der Waals surface area contributed by atoms with Crippen molar-refractivity contribution >= 4 is 34.9 Å². The number of hydrogen-bond donors (Lipinski definition) is 3. The summed E-state index contributed by atoms with van der Waals surface area (Å²) in [5, 5.41) is 15.8. The minimum Gasteiger partial charge on any atom is -0.393 e. The quantitative estimate of drug-likeness (QED) is 0.484. The Morgan fingerprint density at radius 3 is 2.45 bits per heavy atom. The number of nitrogens with zero attached hydrogens (tertiary/aromatic N) is 1. The lowest BCUT2D eigenvalue weighted by molar-refractivity contribution is -0.119. The molecular formula is C23H28ClN3O4. The third-order valence-corrected chi connectivity index (χ3v) is 6.37. The molecule has 7 nitrogen and oxygen atoms in total. The van der Waals surface area contributed by atoms with Gasteiger partial charge in [-0.15, -0.1) is 0 Å². The van der Waals surface area contributed by atoms with E-state index in [4.69, 9.17) is 11.6 Å². The first-order chi connectivity index (χ1) is 14.5. The van der Waals surface area contributed by atoms with Crippen LogP contribution >= 0.6 is 11.6 Å². The average Bonchev–Trinajstić information content (AvgIpc) is 2.92. The van der Waals surface area contributed by atoms with Crippen molar-refractivity contribution in [2.45, 2.75) is 58.1 Å². The predicted octanol–water partition coefficient (Wildman–Crippen LogP) is 3.54. The van der Waals surface area contributed by atoms with Crippen LogP contribution in [-0.2, 0) is 11.8 Å². The van der Waals surface area contributed by atoms with Gasteiger partial charge in [-0.05, 0) is 70.2 Å². The van der Waals surface area contributed by atoms with E-state index in [1.54, 1.807) is 49.7 Å². The van der Waals surface area contributed by atoms with Crippen LogP contribution in [0, 0.1) is 13.8 Å². The summed E-state index contributed by atoms with van der Waals surface area (Å²) in [7, 11) is 1.66. The minimum atomic E-state index is -0.704. The summed E-state index contributed by atoms with van der Waals surface area (Å²) >= 11 is 5.98.